The van der Waals surface area contributed by atoms with Crippen molar-refractivity contribution in [1.29, 1.82) is 0 Å². The van der Waals surface area contributed by atoms with Crippen LogP contribution < -0.4 is 10.1 Å². The number of nitrogens with one attached hydrogen (secondary N) is 1. The van der Waals surface area contributed by atoms with Gasteiger partial charge in [0, 0.05) is 0 Å². The fourth-order valence-corrected chi connectivity index (χ4v) is 2.05. The molecule has 0 radical (unpaired) electrons. The van der Waals surface area contributed by atoms with Crippen LogP contribution in [0, 0.1) is 0 Å². The van der Waals surface area contributed by atoms with Crippen LogP contribution in [-0.2, 0) is 5.54 Å². The molecule has 0 bridgehead atoms. The van der Waals surface area contributed by atoms with E-state index in [2.05, 4.69) is 41.8 Å². The molecular weight excluding hydrogens is 198 g/mol. The van der Waals surface area contributed by atoms with Crippen LogP contribution in [0.3, 0.4) is 0 Å². The van der Waals surface area contributed by atoms with Crippen molar-refractivity contribution < 1.29 is 4.74 Å². The average molecular weight is 215 g/mol. The smallest absolute Gasteiger partial charge is 0.118 e. The minimum atomic E-state index is -0.0684. The van der Waals surface area contributed by atoms with Crippen LogP contribution in [0.5, 0.6) is 5.75 Å². The average Bonchev–Trinajstić information content (AvgIpc) is 2.39. The van der Waals surface area contributed by atoms with Gasteiger partial charge in [-0.25, -0.2) is 0 Å². The molecular formula is C14H17NO. The van der Waals surface area contributed by atoms with E-state index in [9.17, 15) is 0 Å². The lowest BCUT2D eigenvalue weighted by Crippen LogP contribution is -2.38. The summed E-state index contributed by atoms with van der Waals surface area (Å²) in [7, 11) is 3.68. The van der Waals surface area contributed by atoms with E-state index in [0.29, 0.717) is 0 Å². The summed E-state index contributed by atoms with van der Waals surface area (Å²) in [6, 6.07) is 8.22. The third-order valence-corrected chi connectivity index (χ3v) is 3.12. The maximum atomic E-state index is 5.17. The molecule has 2 nitrogen and oxygen atoms in total. The predicted molar refractivity (Wildman–Crippen MR) is 66.6 cm³/mol. The lowest BCUT2D eigenvalue weighted by molar-refractivity contribution is 0.412. The summed E-state index contributed by atoms with van der Waals surface area (Å²) >= 11 is 0. The number of hydrogen-bond donors (Lipinski definition) is 1. The van der Waals surface area contributed by atoms with E-state index >= 15 is 0 Å². The van der Waals surface area contributed by atoms with Crippen LogP contribution in [-0.4, -0.2) is 14.2 Å². The Morgan fingerprint density at radius 3 is 2.44 bits per heavy atom. The van der Waals surface area contributed by atoms with Crippen molar-refractivity contribution >= 4 is 0 Å². The summed E-state index contributed by atoms with van der Waals surface area (Å²) in [5.41, 5.74) is 1.19. The molecule has 1 atom stereocenters. The SMILES string of the molecule is CNC1(c2ccc(OC)cc2)C=CC=CC1. The summed E-state index contributed by atoms with van der Waals surface area (Å²) in [4.78, 5) is 0. The molecule has 1 aliphatic rings. The standard InChI is InChI=1S/C14H17NO/c1-15-14(10-4-3-5-11-14)12-6-8-13(16-2)9-7-12/h3-10,15H,11H2,1-2H3. The molecule has 2 rings (SSSR count). The van der Waals surface area contributed by atoms with Gasteiger partial charge in [-0.2, -0.15) is 0 Å². The number of allylic oxidation sites excluding steroid dienone is 2. The Balaban J connectivity index is 2.33. The van der Waals surface area contributed by atoms with Gasteiger partial charge in [-0.15, -0.1) is 0 Å². The molecule has 2 heteroatoms. The Kier molecular flexibility index (Phi) is 3.11. The Hall–Kier alpha value is -1.54. The Morgan fingerprint density at radius 1 is 1.19 bits per heavy atom. The van der Waals surface area contributed by atoms with E-state index in [1.807, 2.05) is 19.2 Å². The molecule has 1 aliphatic carbocycles. The number of hydrogen-bond acceptors (Lipinski definition) is 2. The molecule has 0 fully saturated rings. The van der Waals surface area contributed by atoms with Crippen LogP contribution in [0.15, 0.2) is 48.6 Å². The quantitative estimate of drug-likeness (QED) is 0.837. The second-order valence-corrected chi connectivity index (χ2v) is 3.94. The van der Waals surface area contributed by atoms with Gasteiger partial charge in [0.15, 0.2) is 0 Å². The van der Waals surface area contributed by atoms with Crippen molar-refractivity contribution in [2.75, 3.05) is 14.2 Å². The van der Waals surface area contributed by atoms with Crippen molar-refractivity contribution in [2.45, 2.75) is 12.0 Å². The molecule has 1 N–H and O–H groups in total. The molecule has 0 saturated carbocycles. The molecule has 0 aromatic heterocycles. The lowest BCUT2D eigenvalue weighted by atomic mass is 9.84. The number of likely N-dealkylation sites (N-methyl/N-ethyl adjacent to an activating group) is 1. The van der Waals surface area contributed by atoms with E-state index in [0.717, 1.165) is 12.2 Å². The van der Waals surface area contributed by atoms with Gasteiger partial charge in [0.1, 0.15) is 5.75 Å². The van der Waals surface area contributed by atoms with E-state index < -0.39 is 0 Å². The van der Waals surface area contributed by atoms with Gasteiger partial charge in [-0.05, 0) is 31.2 Å². The first-order valence-electron chi connectivity index (χ1n) is 5.48. The largest absolute Gasteiger partial charge is 0.497 e. The van der Waals surface area contributed by atoms with Crippen LogP contribution in [0.2, 0.25) is 0 Å². The maximum absolute atomic E-state index is 5.17. The Bertz CT molecular complexity index is 405. The molecule has 84 valence electrons. The minimum Gasteiger partial charge on any atom is -0.497 e. The molecule has 0 amide bonds. The summed E-state index contributed by atoms with van der Waals surface area (Å²) in [5, 5.41) is 3.39. The molecule has 1 aromatic carbocycles. The molecule has 0 aliphatic heterocycles. The third-order valence-electron chi connectivity index (χ3n) is 3.12. The highest BCUT2D eigenvalue weighted by atomic mass is 16.5. The van der Waals surface area contributed by atoms with Crippen molar-refractivity contribution in [3.05, 3.63) is 54.1 Å². The topological polar surface area (TPSA) is 21.3 Å². The molecule has 1 unspecified atom stereocenters. The van der Waals surface area contributed by atoms with Gasteiger partial charge < -0.3 is 10.1 Å². The Morgan fingerprint density at radius 2 is 1.94 bits per heavy atom. The predicted octanol–water partition coefficient (Wildman–Crippen LogP) is 2.63. The second-order valence-electron chi connectivity index (χ2n) is 3.94. The van der Waals surface area contributed by atoms with Crippen molar-refractivity contribution in [2.24, 2.45) is 0 Å². The number of ether oxygens (including phenoxy) is 1. The number of methoxy groups -OCH3 is 1. The van der Waals surface area contributed by atoms with Gasteiger partial charge in [-0.1, -0.05) is 36.4 Å². The van der Waals surface area contributed by atoms with Crippen LogP contribution >= 0.6 is 0 Å². The van der Waals surface area contributed by atoms with E-state index in [4.69, 9.17) is 4.74 Å². The van der Waals surface area contributed by atoms with Crippen LogP contribution in [0.25, 0.3) is 0 Å². The highest BCUT2D eigenvalue weighted by Gasteiger charge is 2.26. The molecule has 0 saturated heterocycles. The van der Waals surface area contributed by atoms with Gasteiger partial charge >= 0.3 is 0 Å². The highest BCUT2D eigenvalue weighted by molar-refractivity contribution is 5.38. The first-order valence-corrected chi connectivity index (χ1v) is 5.48. The summed E-state index contributed by atoms with van der Waals surface area (Å²) < 4.78 is 5.17. The summed E-state index contributed by atoms with van der Waals surface area (Å²) in [6.07, 6.45) is 9.53. The van der Waals surface area contributed by atoms with Gasteiger partial charge in [0.2, 0.25) is 0 Å². The zero-order chi connectivity index (χ0) is 11.4. The third kappa shape index (κ3) is 1.89. The number of rotatable bonds is 3. The summed E-state index contributed by atoms with van der Waals surface area (Å²) in [6.45, 7) is 0. The van der Waals surface area contributed by atoms with Crippen molar-refractivity contribution in [3.8, 4) is 5.75 Å². The highest BCUT2D eigenvalue weighted by Crippen LogP contribution is 2.30. The van der Waals surface area contributed by atoms with Gasteiger partial charge in [-0.3, -0.25) is 0 Å². The zero-order valence-electron chi connectivity index (χ0n) is 9.73. The normalized spacial score (nSPS) is 23.4. The van der Waals surface area contributed by atoms with Crippen LogP contribution in [0.4, 0.5) is 0 Å². The van der Waals surface area contributed by atoms with Gasteiger partial charge in [0.05, 0.1) is 12.6 Å². The van der Waals surface area contributed by atoms with Crippen LogP contribution in [0.1, 0.15) is 12.0 Å². The first kappa shape index (κ1) is 11.0. The fraction of sp³-hybridized carbons (Fsp3) is 0.286. The molecule has 1 aromatic rings. The lowest BCUT2D eigenvalue weighted by Gasteiger charge is -2.31. The van der Waals surface area contributed by atoms with E-state index in [-0.39, 0.29) is 5.54 Å². The zero-order valence-corrected chi connectivity index (χ0v) is 9.73. The molecule has 16 heavy (non-hydrogen) atoms. The van der Waals surface area contributed by atoms with Gasteiger partial charge in [0.25, 0.3) is 0 Å². The maximum Gasteiger partial charge on any atom is 0.118 e. The number of benzene rings is 1. The molecule has 0 spiro atoms. The first-order chi connectivity index (χ1) is 7.80. The monoisotopic (exact) mass is 215 g/mol. The minimum absolute atomic E-state index is 0.0684. The Labute approximate surface area is 96.6 Å². The second kappa shape index (κ2) is 4.54. The summed E-state index contributed by atoms with van der Waals surface area (Å²) in [5.74, 6) is 0.894. The molecule has 0 heterocycles. The fourth-order valence-electron chi connectivity index (χ4n) is 2.05. The van der Waals surface area contributed by atoms with Crippen molar-refractivity contribution in [3.63, 3.8) is 0 Å². The van der Waals surface area contributed by atoms with E-state index in [1.54, 1.807) is 7.11 Å². The van der Waals surface area contributed by atoms with E-state index in [1.165, 1.54) is 5.56 Å². The van der Waals surface area contributed by atoms with Crippen molar-refractivity contribution in [1.82, 2.24) is 5.32 Å².